The summed E-state index contributed by atoms with van der Waals surface area (Å²) in [5.41, 5.74) is -0.318. The molecule has 0 radical (unpaired) electrons. The summed E-state index contributed by atoms with van der Waals surface area (Å²) in [4.78, 5) is 3.63. The van der Waals surface area contributed by atoms with Gasteiger partial charge in [0, 0.05) is 11.8 Å². The van der Waals surface area contributed by atoms with Gasteiger partial charge in [0.25, 0.3) is 0 Å². The quantitative estimate of drug-likeness (QED) is 0.772. The van der Waals surface area contributed by atoms with Gasteiger partial charge in [0.2, 0.25) is 5.88 Å². The van der Waals surface area contributed by atoms with Crippen molar-refractivity contribution in [2.24, 2.45) is 0 Å². The molecule has 0 spiro atoms. The van der Waals surface area contributed by atoms with E-state index in [0.29, 0.717) is 11.8 Å². The fraction of sp³-hybridized carbons (Fsp3) is 0.154. The minimum Gasteiger partial charge on any atom is -0.481 e. The number of hydrogen-bond donors (Lipinski definition) is 0. The summed E-state index contributed by atoms with van der Waals surface area (Å²) < 4.78 is 55.7. The third-order valence-electron chi connectivity index (χ3n) is 2.53. The average molecular weight is 271 g/mol. The van der Waals surface area contributed by atoms with Gasteiger partial charge in [0.1, 0.15) is 5.82 Å². The smallest absolute Gasteiger partial charge is 0.417 e. The van der Waals surface area contributed by atoms with E-state index in [4.69, 9.17) is 4.74 Å². The van der Waals surface area contributed by atoms with Crippen molar-refractivity contribution in [3.8, 4) is 17.0 Å². The number of pyridine rings is 1. The van der Waals surface area contributed by atoms with Gasteiger partial charge in [-0.05, 0) is 23.8 Å². The molecule has 0 N–H and O–H groups in total. The first-order valence-electron chi connectivity index (χ1n) is 5.29. The molecule has 0 amide bonds. The van der Waals surface area contributed by atoms with Gasteiger partial charge in [-0.15, -0.1) is 0 Å². The minimum atomic E-state index is -4.49. The zero-order valence-electron chi connectivity index (χ0n) is 9.83. The molecule has 0 unspecified atom stereocenters. The van der Waals surface area contributed by atoms with Crippen LogP contribution in [0, 0.1) is 5.82 Å². The zero-order valence-corrected chi connectivity index (χ0v) is 9.83. The molecule has 0 aliphatic rings. The lowest BCUT2D eigenvalue weighted by Gasteiger charge is -2.11. The summed E-state index contributed by atoms with van der Waals surface area (Å²) in [6, 6.07) is 5.99. The second-order valence-electron chi connectivity index (χ2n) is 3.79. The SMILES string of the molecule is COc1ncc(C(F)(F)F)cc1-c1ccc(F)cc1. The van der Waals surface area contributed by atoms with Crippen molar-refractivity contribution in [3.63, 3.8) is 0 Å². The molecule has 0 aliphatic carbocycles. The van der Waals surface area contributed by atoms with Crippen molar-refractivity contribution in [1.82, 2.24) is 4.98 Å². The number of alkyl halides is 3. The second-order valence-corrected chi connectivity index (χ2v) is 3.79. The Balaban J connectivity index is 2.56. The number of rotatable bonds is 2. The normalized spacial score (nSPS) is 11.4. The van der Waals surface area contributed by atoms with Gasteiger partial charge in [-0.2, -0.15) is 13.2 Å². The number of methoxy groups -OCH3 is 1. The number of aromatic nitrogens is 1. The van der Waals surface area contributed by atoms with Crippen LogP contribution < -0.4 is 4.74 Å². The summed E-state index contributed by atoms with van der Waals surface area (Å²) in [5.74, 6) is -0.415. The molecule has 6 heteroatoms. The van der Waals surface area contributed by atoms with E-state index in [1.165, 1.54) is 19.2 Å². The first-order valence-corrected chi connectivity index (χ1v) is 5.29. The summed E-state index contributed by atoms with van der Waals surface area (Å²) in [5, 5.41) is 0. The van der Waals surface area contributed by atoms with Crippen LogP contribution >= 0.6 is 0 Å². The molecule has 0 saturated heterocycles. The van der Waals surface area contributed by atoms with Crippen LogP contribution in [0.5, 0.6) is 5.88 Å². The largest absolute Gasteiger partial charge is 0.481 e. The third-order valence-corrected chi connectivity index (χ3v) is 2.53. The van der Waals surface area contributed by atoms with E-state index >= 15 is 0 Å². The summed E-state index contributed by atoms with van der Waals surface area (Å²) in [6.45, 7) is 0. The number of benzene rings is 1. The van der Waals surface area contributed by atoms with Gasteiger partial charge in [0.15, 0.2) is 0 Å². The lowest BCUT2D eigenvalue weighted by Crippen LogP contribution is -2.06. The lowest BCUT2D eigenvalue weighted by molar-refractivity contribution is -0.137. The zero-order chi connectivity index (χ0) is 14.0. The van der Waals surface area contributed by atoms with Crippen LogP contribution in [0.4, 0.5) is 17.6 Å². The van der Waals surface area contributed by atoms with Crippen LogP contribution in [-0.4, -0.2) is 12.1 Å². The molecule has 2 aromatic rings. The lowest BCUT2D eigenvalue weighted by atomic mass is 10.1. The molecule has 1 heterocycles. The van der Waals surface area contributed by atoms with Crippen LogP contribution in [-0.2, 0) is 6.18 Å². The highest BCUT2D eigenvalue weighted by atomic mass is 19.4. The molecule has 2 nitrogen and oxygen atoms in total. The Bertz CT molecular complexity index is 578. The van der Waals surface area contributed by atoms with Crippen molar-refractivity contribution in [1.29, 1.82) is 0 Å². The van der Waals surface area contributed by atoms with Gasteiger partial charge >= 0.3 is 6.18 Å². The van der Waals surface area contributed by atoms with E-state index in [2.05, 4.69) is 4.98 Å². The van der Waals surface area contributed by atoms with Gasteiger partial charge in [-0.25, -0.2) is 9.37 Å². The highest BCUT2D eigenvalue weighted by Gasteiger charge is 2.32. The highest BCUT2D eigenvalue weighted by Crippen LogP contribution is 2.35. The van der Waals surface area contributed by atoms with E-state index in [0.717, 1.165) is 18.2 Å². The third kappa shape index (κ3) is 2.83. The van der Waals surface area contributed by atoms with E-state index < -0.39 is 17.6 Å². The first kappa shape index (κ1) is 13.3. The van der Waals surface area contributed by atoms with Crippen molar-refractivity contribution in [2.75, 3.05) is 7.11 Å². The van der Waals surface area contributed by atoms with Crippen LogP contribution in [0.2, 0.25) is 0 Å². The Labute approximate surface area is 106 Å². The van der Waals surface area contributed by atoms with Crippen molar-refractivity contribution >= 4 is 0 Å². The molecular weight excluding hydrogens is 262 g/mol. The maximum Gasteiger partial charge on any atom is 0.417 e. The Morgan fingerprint density at radius 3 is 2.26 bits per heavy atom. The Morgan fingerprint density at radius 1 is 1.11 bits per heavy atom. The van der Waals surface area contributed by atoms with E-state index in [1.807, 2.05) is 0 Å². The van der Waals surface area contributed by atoms with Crippen molar-refractivity contribution in [3.05, 3.63) is 47.9 Å². The van der Waals surface area contributed by atoms with Gasteiger partial charge in [-0.1, -0.05) is 12.1 Å². The minimum absolute atomic E-state index is 0.0552. The molecule has 2 rings (SSSR count). The number of halogens is 4. The predicted molar refractivity (Wildman–Crippen MR) is 61.2 cm³/mol. The van der Waals surface area contributed by atoms with E-state index in [9.17, 15) is 17.6 Å². The summed E-state index contributed by atoms with van der Waals surface area (Å²) in [6.07, 6.45) is -3.79. The number of hydrogen-bond acceptors (Lipinski definition) is 2. The van der Waals surface area contributed by atoms with Gasteiger partial charge < -0.3 is 4.74 Å². The highest BCUT2D eigenvalue weighted by molar-refractivity contribution is 5.69. The molecule has 0 atom stereocenters. The second kappa shape index (κ2) is 4.87. The van der Waals surface area contributed by atoms with Crippen LogP contribution in [0.1, 0.15) is 5.56 Å². The molecule has 1 aromatic heterocycles. The monoisotopic (exact) mass is 271 g/mol. The van der Waals surface area contributed by atoms with Gasteiger partial charge in [0.05, 0.1) is 12.7 Å². The Kier molecular flexibility index (Phi) is 3.42. The van der Waals surface area contributed by atoms with Crippen LogP contribution in [0.3, 0.4) is 0 Å². The molecule has 0 saturated carbocycles. The summed E-state index contributed by atoms with van der Waals surface area (Å²) in [7, 11) is 1.31. The summed E-state index contributed by atoms with van der Waals surface area (Å²) >= 11 is 0. The fourth-order valence-electron chi connectivity index (χ4n) is 1.61. The Morgan fingerprint density at radius 2 is 1.74 bits per heavy atom. The molecule has 1 aromatic carbocycles. The number of nitrogens with zero attached hydrogens (tertiary/aromatic N) is 1. The number of ether oxygens (including phenoxy) is 1. The predicted octanol–water partition coefficient (Wildman–Crippen LogP) is 3.92. The van der Waals surface area contributed by atoms with Crippen LogP contribution in [0.25, 0.3) is 11.1 Å². The molecule has 0 fully saturated rings. The molecule has 0 bridgehead atoms. The van der Waals surface area contributed by atoms with Crippen molar-refractivity contribution in [2.45, 2.75) is 6.18 Å². The molecular formula is C13H9F4NO. The van der Waals surface area contributed by atoms with Crippen molar-refractivity contribution < 1.29 is 22.3 Å². The standard InChI is InChI=1S/C13H9F4NO/c1-19-12-11(8-2-4-10(14)5-3-8)6-9(7-18-12)13(15,16)17/h2-7H,1H3. The van der Waals surface area contributed by atoms with Gasteiger partial charge in [-0.3, -0.25) is 0 Å². The average Bonchev–Trinajstić information content (AvgIpc) is 2.38. The Hall–Kier alpha value is -2.11. The fourth-order valence-corrected chi connectivity index (χ4v) is 1.61. The van der Waals surface area contributed by atoms with E-state index in [-0.39, 0.29) is 11.4 Å². The maximum absolute atomic E-state index is 12.8. The molecule has 19 heavy (non-hydrogen) atoms. The molecule has 100 valence electrons. The first-order chi connectivity index (χ1) is 8.91. The maximum atomic E-state index is 12.8. The van der Waals surface area contributed by atoms with E-state index in [1.54, 1.807) is 0 Å². The van der Waals surface area contributed by atoms with Crippen LogP contribution in [0.15, 0.2) is 36.5 Å². The topological polar surface area (TPSA) is 22.1 Å². The molecule has 0 aliphatic heterocycles.